The normalized spacial score (nSPS) is 12.7. The molecule has 0 saturated carbocycles. The number of nitrogens with one attached hydrogen (secondary N) is 1. The number of rotatable bonds is 4. The Labute approximate surface area is 98.1 Å². The van der Waals surface area contributed by atoms with Crippen molar-refractivity contribution in [2.45, 2.75) is 24.2 Å². The number of thiazole rings is 1. The van der Waals surface area contributed by atoms with E-state index in [0.717, 1.165) is 15.8 Å². The van der Waals surface area contributed by atoms with Gasteiger partial charge in [-0.25, -0.2) is 18.8 Å². The minimum absolute atomic E-state index is 0.0110. The average molecular weight is 270 g/mol. The van der Waals surface area contributed by atoms with Gasteiger partial charge in [0.25, 0.3) is 10.0 Å². The first-order valence-corrected chi connectivity index (χ1v) is 6.90. The van der Waals surface area contributed by atoms with E-state index in [9.17, 15) is 8.42 Å². The van der Waals surface area contributed by atoms with Crippen molar-refractivity contribution in [1.29, 1.82) is 0 Å². The molecular weight excluding hydrogens is 258 g/mol. The Morgan fingerprint density at radius 1 is 1.60 bits per heavy atom. The van der Waals surface area contributed by atoms with E-state index in [1.54, 1.807) is 0 Å². The summed E-state index contributed by atoms with van der Waals surface area (Å²) >= 11 is 6.57. The number of aromatic nitrogens is 1. The molecule has 1 aromatic rings. The van der Waals surface area contributed by atoms with Crippen molar-refractivity contribution in [3.05, 3.63) is 10.5 Å². The molecular formula is C7H12ClN3O2S2. The lowest BCUT2D eigenvalue weighted by atomic mass is 10.4. The van der Waals surface area contributed by atoms with Crippen LogP contribution in [0.15, 0.2) is 9.72 Å². The lowest BCUT2D eigenvalue weighted by Crippen LogP contribution is -2.43. The molecule has 0 aliphatic rings. The number of hydrogen-bond donors (Lipinski definition) is 1. The third-order valence-corrected chi connectivity index (χ3v) is 4.71. The van der Waals surface area contributed by atoms with Crippen molar-refractivity contribution >= 4 is 33.0 Å². The van der Waals surface area contributed by atoms with Gasteiger partial charge in [0.2, 0.25) is 4.34 Å². The highest BCUT2D eigenvalue weighted by atomic mass is 35.5. The standard InChI is InChI=1S/C7H12ClN3O2S2/c1-5(2)10-11(3)15(12,13)7-9-6(8)4-14-7/h4-5,10H,1-3H3. The van der Waals surface area contributed by atoms with Gasteiger partial charge in [-0.3, -0.25) is 0 Å². The smallest absolute Gasteiger partial charge is 0.239 e. The van der Waals surface area contributed by atoms with Crippen LogP contribution in [0.4, 0.5) is 0 Å². The van der Waals surface area contributed by atoms with E-state index < -0.39 is 10.0 Å². The monoisotopic (exact) mass is 269 g/mol. The van der Waals surface area contributed by atoms with E-state index >= 15 is 0 Å². The summed E-state index contributed by atoms with van der Waals surface area (Å²) in [5.41, 5.74) is 2.76. The van der Waals surface area contributed by atoms with Crippen LogP contribution >= 0.6 is 22.9 Å². The average Bonchev–Trinajstić information content (AvgIpc) is 2.50. The van der Waals surface area contributed by atoms with Crippen molar-refractivity contribution in [3.63, 3.8) is 0 Å². The van der Waals surface area contributed by atoms with Crippen LogP contribution in [0.3, 0.4) is 0 Å². The molecule has 1 aromatic heterocycles. The van der Waals surface area contributed by atoms with Crippen molar-refractivity contribution < 1.29 is 8.42 Å². The van der Waals surface area contributed by atoms with Gasteiger partial charge in [0.05, 0.1) is 0 Å². The summed E-state index contributed by atoms with van der Waals surface area (Å²) in [5, 5.41) is 1.68. The molecule has 0 saturated heterocycles. The van der Waals surface area contributed by atoms with E-state index in [0.29, 0.717) is 0 Å². The van der Waals surface area contributed by atoms with Crippen LogP contribution in [0.5, 0.6) is 0 Å². The summed E-state index contributed by atoms with van der Waals surface area (Å²) in [6, 6.07) is 0.0280. The Bertz CT molecular complexity index is 429. The molecule has 8 heteroatoms. The number of halogens is 1. The fourth-order valence-corrected chi connectivity index (χ4v) is 3.39. The Kier molecular flexibility index (Phi) is 4.07. The SMILES string of the molecule is CC(C)NN(C)S(=O)(=O)c1nc(Cl)cs1. The summed E-state index contributed by atoms with van der Waals surface area (Å²) in [4.78, 5) is 3.73. The van der Waals surface area contributed by atoms with Crippen molar-refractivity contribution in [1.82, 2.24) is 14.8 Å². The molecule has 0 aliphatic carbocycles. The van der Waals surface area contributed by atoms with Gasteiger partial charge in [0, 0.05) is 18.5 Å². The molecule has 0 fully saturated rings. The molecule has 0 aliphatic heterocycles. The number of hydrazine groups is 1. The predicted octanol–water partition coefficient (Wildman–Crippen LogP) is 1.33. The molecule has 15 heavy (non-hydrogen) atoms. The maximum Gasteiger partial charge on any atom is 0.282 e. The maximum absolute atomic E-state index is 11.8. The molecule has 0 radical (unpaired) electrons. The second-order valence-corrected chi connectivity index (χ2v) is 6.58. The topological polar surface area (TPSA) is 62.3 Å². The molecule has 0 unspecified atom stereocenters. The number of sulfonamides is 1. The molecule has 0 aromatic carbocycles. The van der Waals surface area contributed by atoms with Gasteiger partial charge < -0.3 is 0 Å². The summed E-state index contributed by atoms with van der Waals surface area (Å²) in [6.07, 6.45) is 0. The molecule has 1 N–H and O–H groups in total. The van der Waals surface area contributed by atoms with Crippen LogP contribution in [0, 0.1) is 0 Å². The lowest BCUT2D eigenvalue weighted by molar-refractivity contribution is 0.333. The second-order valence-electron chi connectivity index (χ2n) is 3.19. The first kappa shape index (κ1) is 12.9. The van der Waals surface area contributed by atoms with Crippen LogP contribution in [0.1, 0.15) is 13.8 Å². The molecule has 1 rings (SSSR count). The van der Waals surface area contributed by atoms with Gasteiger partial charge in [-0.2, -0.15) is 0 Å². The largest absolute Gasteiger partial charge is 0.282 e. The van der Waals surface area contributed by atoms with Crippen molar-refractivity contribution in [2.75, 3.05) is 7.05 Å². The minimum Gasteiger partial charge on any atom is -0.239 e. The van der Waals surface area contributed by atoms with E-state index in [2.05, 4.69) is 10.4 Å². The molecule has 0 bridgehead atoms. The highest BCUT2D eigenvalue weighted by molar-refractivity contribution is 7.91. The fourth-order valence-electron chi connectivity index (χ4n) is 0.908. The molecule has 0 spiro atoms. The van der Waals surface area contributed by atoms with E-state index in [1.807, 2.05) is 13.8 Å². The van der Waals surface area contributed by atoms with Crippen LogP contribution in [0.25, 0.3) is 0 Å². The summed E-state index contributed by atoms with van der Waals surface area (Å²) in [6.45, 7) is 3.70. The van der Waals surface area contributed by atoms with Gasteiger partial charge >= 0.3 is 0 Å². The Morgan fingerprint density at radius 3 is 2.60 bits per heavy atom. The van der Waals surface area contributed by atoms with Crippen molar-refractivity contribution in [2.24, 2.45) is 0 Å². The Hall–Kier alpha value is -0.210. The van der Waals surface area contributed by atoms with E-state index in [4.69, 9.17) is 11.6 Å². The maximum atomic E-state index is 11.8. The van der Waals surface area contributed by atoms with E-state index in [1.165, 1.54) is 12.4 Å². The highest BCUT2D eigenvalue weighted by Crippen LogP contribution is 2.20. The van der Waals surface area contributed by atoms with Gasteiger partial charge in [-0.05, 0) is 13.8 Å². The molecule has 86 valence electrons. The van der Waals surface area contributed by atoms with Crippen LogP contribution < -0.4 is 5.43 Å². The minimum atomic E-state index is -3.57. The first-order valence-electron chi connectivity index (χ1n) is 4.20. The van der Waals surface area contributed by atoms with Gasteiger partial charge in [0.15, 0.2) is 0 Å². The molecule has 1 heterocycles. The quantitative estimate of drug-likeness (QED) is 0.838. The summed E-state index contributed by atoms with van der Waals surface area (Å²) in [5.74, 6) is 0. The van der Waals surface area contributed by atoms with Gasteiger partial charge in [-0.1, -0.05) is 11.6 Å². The van der Waals surface area contributed by atoms with Gasteiger partial charge in [0.1, 0.15) is 5.15 Å². The third kappa shape index (κ3) is 3.12. The number of nitrogens with zero attached hydrogens (tertiary/aromatic N) is 2. The number of hydrogen-bond acceptors (Lipinski definition) is 5. The zero-order valence-corrected chi connectivity index (χ0v) is 10.9. The molecule has 0 atom stereocenters. The Balaban J connectivity index is 2.93. The zero-order valence-electron chi connectivity index (χ0n) is 8.56. The van der Waals surface area contributed by atoms with Crippen molar-refractivity contribution in [3.8, 4) is 0 Å². The van der Waals surface area contributed by atoms with Crippen LogP contribution in [-0.4, -0.2) is 30.9 Å². The lowest BCUT2D eigenvalue weighted by Gasteiger charge is -2.18. The third-order valence-electron chi connectivity index (χ3n) is 1.48. The molecule has 5 nitrogen and oxygen atoms in total. The summed E-state index contributed by atoms with van der Waals surface area (Å²) < 4.78 is 24.7. The first-order chi connectivity index (χ1) is 6.84. The summed E-state index contributed by atoms with van der Waals surface area (Å²) in [7, 11) is -2.13. The van der Waals surface area contributed by atoms with Crippen LogP contribution in [-0.2, 0) is 10.0 Å². The van der Waals surface area contributed by atoms with Crippen LogP contribution in [0.2, 0.25) is 5.15 Å². The highest BCUT2D eigenvalue weighted by Gasteiger charge is 2.24. The fraction of sp³-hybridized carbons (Fsp3) is 0.571. The predicted molar refractivity (Wildman–Crippen MR) is 60.3 cm³/mol. The van der Waals surface area contributed by atoms with E-state index in [-0.39, 0.29) is 15.5 Å². The Morgan fingerprint density at radius 2 is 2.20 bits per heavy atom. The second kappa shape index (κ2) is 4.75. The zero-order chi connectivity index (χ0) is 11.6. The molecule has 0 amide bonds. The van der Waals surface area contributed by atoms with Gasteiger partial charge in [-0.15, -0.1) is 15.8 Å².